The number of nitrogens with zero attached hydrogens (tertiary/aromatic N) is 1. The summed E-state index contributed by atoms with van der Waals surface area (Å²) >= 11 is 5.77. The molecule has 0 aliphatic carbocycles. The molecule has 0 bridgehead atoms. The van der Waals surface area contributed by atoms with Crippen LogP contribution in [0.5, 0.6) is 5.88 Å². The van der Waals surface area contributed by atoms with Gasteiger partial charge in [0.1, 0.15) is 5.82 Å². The van der Waals surface area contributed by atoms with E-state index in [4.69, 9.17) is 11.6 Å². The first-order chi connectivity index (χ1) is 9.63. The Kier molecular flexibility index (Phi) is 3.16. The molecule has 0 spiro atoms. The van der Waals surface area contributed by atoms with Gasteiger partial charge in [-0.25, -0.2) is 4.39 Å². The van der Waals surface area contributed by atoms with Crippen molar-refractivity contribution in [3.63, 3.8) is 0 Å². The molecule has 3 nitrogen and oxygen atoms in total. The molecule has 0 radical (unpaired) electrons. The van der Waals surface area contributed by atoms with Crippen molar-refractivity contribution in [2.45, 2.75) is 0 Å². The van der Waals surface area contributed by atoms with Crippen LogP contribution in [0, 0.1) is 5.82 Å². The summed E-state index contributed by atoms with van der Waals surface area (Å²) in [6, 6.07) is 11.5. The molecule has 1 heterocycles. The zero-order chi connectivity index (χ0) is 14.1. The van der Waals surface area contributed by atoms with Gasteiger partial charge in [-0.3, -0.25) is 4.99 Å². The minimum absolute atomic E-state index is 0.0254. The van der Waals surface area contributed by atoms with Gasteiger partial charge in [-0.1, -0.05) is 29.8 Å². The SMILES string of the molecule is Oc1[nH]c2ccccc2c1C=Nc1cc(F)cc(Cl)c1. The van der Waals surface area contributed by atoms with E-state index in [2.05, 4.69) is 9.98 Å². The molecule has 3 rings (SSSR count). The van der Waals surface area contributed by atoms with E-state index in [1.165, 1.54) is 18.3 Å². The van der Waals surface area contributed by atoms with Crippen molar-refractivity contribution in [1.29, 1.82) is 0 Å². The molecule has 0 amide bonds. The zero-order valence-electron chi connectivity index (χ0n) is 10.3. The lowest BCUT2D eigenvalue weighted by molar-refractivity contribution is 0.457. The standard InChI is InChI=1S/C15H10ClFN2O/c16-9-5-10(17)7-11(6-9)18-8-13-12-3-1-2-4-14(12)19-15(13)20/h1-8,19-20H. The molecule has 20 heavy (non-hydrogen) atoms. The van der Waals surface area contributed by atoms with Gasteiger partial charge in [-0.2, -0.15) is 0 Å². The van der Waals surface area contributed by atoms with Crippen LogP contribution >= 0.6 is 11.6 Å². The summed E-state index contributed by atoms with van der Waals surface area (Å²) in [5.41, 5.74) is 1.75. The molecule has 0 saturated carbocycles. The maximum Gasteiger partial charge on any atom is 0.198 e. The fourth-order valence-corrected chi connectivity index (χ4v) is 2.25. The lowest BCUT2D eigenvalue weighted by atomic mass is 10.2. The van der Waals surface area contributed by atoms with E-state index in [0.717, 1.165) is 10.9 Å². The van der Waals surface area contributed by atoms with Crippen LogP contribution in [0.3, 0.4) is 0 Å². The Bertz CT molecular complexity index is 790. The normalized spacial score (nSPS) is 11.5. The topological polar surface area (TPSA) is 48.4 Å². The second-order valence-electron chi connectivity index (χ2n) is 4.32. The fourth-order valence-electron chi connectivity index (χ4n) is 2.03. The van der Waals surface area contributed by atoms with Crippen LogP contribution in [0.25, 0.3) is 10.9 Å². The van der Waals surface area contributed by atoms with Gasteiger partial charge in [-0.15, -0.1) is 0 Å². The highest BCUT2D eigenvalue weighted by Gasteiger charge is 2.07. The lowest BCUT2D eigenvalue weighted by Crippen LogP contribution is -1.80. The van der Waals surface area contributed by atoms with Crippen LogP contribution in [0.1, 0.15) is 5.56 Å². The third-order valence-electron chi connectivity index (χ3n) is 2.92. The molecule has 0 unspecified atom stereocenters. The number of rotatable bonds is 2. The third-order valence-corrected chi connectivity index (χ3v) is 3.13. The number of hydrogen-bond donors (Lipinski definition) is 2. The molecule has 2 N–H and O–H groups in total. The number of nitrogens with one attached hydrogen (secondary N) is 1. The summed E-state index contributed by atoms with van der Waals surface area (Å²) in [6.07, 6.45) is 1.49. The molecule has 100 valence electrons. The molecule has 5 heteroatoms. The van der Waals surface area contributed by atoms with E-state index >= 15 is 0 Å². The summed E-state index contributed by atoms with van der Waals surface area (Å²) in [7, 11) is 0. The van der Waals surface area contributed by atoms with Gasteiger partial charge in [0.05, 0.1) is 11.3 Å². The van der Waals surface area contributed by atoms with Crippen molar-refractivity contribution in [2.75, 3.05) is 0 Å². The predicted octanol–water partition coefficient (Wildman–Crippen LogP) is 4.42. The average molecular weight is 289 g/mol. The number of aromatic nitrogens is 1. The second-order valence-corrected chi connectivity index (χ2v) is 4.76. The summed E-state index contributed by atoms with van der Waals surface area (Å²) in [5.74, 6) is -0.426. The molecule has 0 fully saturated rings. The number of hydrogen-bond acceptors (Lipinski definition) is 2. The minimum Gasteiger partial charge on any atom is -0.494 e. The third kappa shape index (κ3) is 2.38. The van der Waals surface area contributed by atoms with E-state index in [9.17, 15) is 9.50 Å². The van der Waals surface area contributed by atoms with Crippen LogP contribution in [-0.4, -0.2) is 16.3 Å². The van der Waals surface area contributed by atoms with Gasteiger partial charge in [0.2, 0.25) is 0 Å². The van der Waals surface area contributed by atoms with Crippen molar-refractivity contribution in [3.05, 3.63) is 58.9 Å². The van der Waals surface area contributed by atoms with E-state index in [0.29, 0.717) is 11.3 Å². The predicted molar refractivity (Wildman–Crippen MR) is 78.6 cm³/mol. The van der Waals surface area contributed by atoms with Crippen molar-refractivity contribution < 1.29 is 9.50 Å². The van der Waals surface area contributed by atoms with Crippen molar-refractivity contribution in [3.8, 4) is 5.88 Å². The highest BCUT2D eigenvalue weighted by molar-refractivity contribution is 6.30. The Morgan fingerprint density at radius 3 is 2.80 bits per heavy atom. The van der Waals surface area contributed by atoms with Crippen LogP contribution in [-0.2, 0) is 0 Å². The largest absolute Gasteiger partial charge is 0.494 e. The van der Waals surface area contributed by atoms with Gasteiger partial charge < -0.3 is 10.1 Å². The summed E-state index contributed by atoms with van der Waals surface area (Å²) in [6.45, 7) is 0. The minimum atomic E-state index is -0.451. The maximum atomic E-state index is 13.2. The molecule has 0 atom stereocenters. The first-order valence-corrected chi connectivity index (χ1v) is 6.31. The zero-order valence-corrected chi connectivity index (χ0v) is 11.0. The molecule has 0 aliphatic heterocycles. The Labute approximate surface area is 119 Å². The van der Waals surface area contributed by atoms with Crippen molar-refractivity contribution in [2.24, 2.45) is 4.99 Å². The molecule has 0 aliphatic rings. The van der Waals surface area contributed by atoms with Crippen molar-refractivity contribution in [1.82, 2.24) is 4.98 Å². The van der Waals surface area contributed by atoms with E-state index in [1.807, 2.05) is 24.3 Å². The summed E-state index contributed by atoms with van der Waals surface area (Å²) in [4.78, 5) is 7.00. The molecule has 0 saturated heterocycles. The number of halogens is 2. The van der Waals surface area contributed by atoms with Crippen LogP contribution in [0.4, 0.5) is 10.1 Å². The van der Waals surface area contributed by atoms with E-state index < -0.39 is 5.82 Å². The Balaban J connectivity index is 2.04. The maximum absolute atomic E-state index is 13.2. The Morgan fingerprint density at radius 2 is 2.00 bits per heavy atom. The fraction of sp³-hybridized carbons (Fsp3) is 0. The van der Waals surface area contributed by atoms with Gasteiger partial charge in [0.15, 0.2) is 5.88 Å². The number of aromatic amines is 1. The first kappa shape index (κ1) is 12.7. The highest BCUT2D eigenvalue weighted by Crippen LogP contribution is 2.26. The Hall–Kier alpha value is -2.33. The monoisotopic (exact) mass is 288 g/mol. The van der Waals surface area contributed by atoms with E-state index in [-0.39, 0.29) is 10.9 Å². The second kappa shape index (κ2) is 4.98. The van der Waals surface area contributed by atoms with Gasteiger partial charge in [0, 0.05) is 22.1 Å². The molecular formula is C15H10ClFN2O. The van der Waals surface area contributed by atoms with Gasteiger partial charge in [-0.05, 0) is 24.3 Å². The number of benzene rings is 2. The molecule has 1 aromatic heterocycles. The summed E-state index contributed by atoms with van der Waals surface area (Å²) < 4.78 is 13.2. The summed E-state index contributed by atoms with van der Waals surface area (Å²) in [5, 5.41) is 11.0. The molecule has 2 aromatic carbocycles. The van der Waals surface area contributed by atoms with Gasteiger partial charge >= 0.3 is 0 Å². The van der Waals surface area contributed by atoms with Crippen LogP contribution in [0.15, 0.2) is 47.5 Å². The smallest absolute Gasteiger partial charge is 0.198 e. The number of para-hydroxylation sites is 1. The van der Waals surface area contributed by atoms with Crippen molar-refractivity contribution >= 4 is 34.4 Å². The quantitative estimate of drug-likeness (QED) is 0.674. The molecule has 3 aromatic rings. The first-order valence-electron chi connectivity index (χ1n) is 5.93. The number of aliphatic imine (C=N–C) groups is 1. The van der Waals surface area contributed by atoms with E-state index in [1.54, 1.807) is 6.07 Å². The van der Waals surface area contributed by atoms with Gasteiger partial charge in [0.25, 0.3) is 0 Å². The Morgan fingerprint density at radius 1 is 1.20 bits per heavy atom. The number of aromatic hydroxyl groups is 1. The number of fused-ring (bicyclic) bond motifs is 1. The average Bonchev–Trinajstić information content (AvgIpc) is 2.71. The van der Waals surface area contributed by atoms with Crippen LogP contribution in [0.2, 0.25) is 5.02 Å². The lowest BCUT2D eigenvalue weighted by Gasteiger charge is -1.96. The highest BCUT2D eigenvalue weighted by atomic mass is 35.5. The number of H-pyrrole nitrogens is 1. The molecular weight excluding hydrogens is 279 g/mol. The van der Waals surface area contributed by atoms with Crippen LogP contribution < -0.4 is 0 Å².